The summed E-state index contributed by atoms with van der Waals surface area (Å²) in [5.41, 5.74) is 1.23. The lowest BCUT2D eigenvalue weighted by molar-refractivity contribution is 0.603. The lowest BCUT2D eigenvalue weighted by Crippen LogP contribution is -2.09. The Balaban J connectivity index is 2.47. The molecular weight excluding hydrogens is 289 g/mol. The van der Waals surface area contributed by atoms with Crippen molar-refractivity contribution < 1.29 is 4.39 Å². The molecule has 2 rings (SSSR count). The third kappa shape index (κ3) is 3.76. The standard InChI is InChI=1S/C16H21ClFN3/c1-4-8-19-15-10-12(9-11(2)3)20-21(15)16-13(17)6-5-7-14(16)18/h5-7,10-11,19H,4,8-9H2,1-3H3. The number of benzene rings is 1. The highest BCUT2D eigenvalue weighted by Crippen LogP contribution is 2.27. The Morgan fingerprint density at radius 2 is 2.14 bits per heavy atom. The Morgan fingerprint density at radius 1 is 1.38 bits per heavy atom. The van der Waals surface area contributed by atoms with E-state index in [0.29, 0.717) is 16.6 Å². The largest absolute Gasteiger partial charge is 0.370 e. The first kappa shape index (κ1) is 15.8. The first-order valence-corrected chi connectivity index (χ1v) is 7.68. The van der Waals surface area contributed by atoms with Gasteiger partial charge in [0.15, 0.2) is 0 Å². The molecule has 3 nitrogen and oxygen atoms in total. The molecular formula is C16H21ClFN3. The second kappa shape index (κ2) is 6.94. The Kier molecular flexibility index (Phi) is 5.23. The van der Waals surface area contributed by atoms with Crippen LogP contribution in [0, 0.1) is 11.7 Å². The molecule has 0 fully saturated rings. The van der Waals surface area contributed by atoms with E-state index < -0.39 is 0 Å². The van der Waals surface area contributed by atoms with E-state index in [0.717, 1.165) is 30.9 Å². The normalized spacial score (nSPS) is 11.1. The molecule has 1 aromatic carbocycles. The summed E-state index contributed by atoms with van der Waals surface area (Å²) in [6.07, 6.45) is 1.83. The SMILES string of the molecule is CCCNc1cc(CC(C)C)nn1-c1c(F)cccc1Cl. The zero-order valence-electron chi connectivity index (χ0n) is 12.7. The van der Waals surface area contributed by atoms with Gasteiger partial charge in [0.25, 0.3) is 0 Å². The quantitative estimate of drug-likeness (QED) is 0.839. The van der Waals surface area contributed by atoms with Crippen LogP contribution in [0.15, 0.2) is 24.3 Å². The molecule has 2 aromatic rings. The number of hydrogen-bond donors (Lipinski definition) is 1. The number of para-hydroxylation sites is 1. The van der Waals surface area contributed by atoms with Crippen molar-refractivity contribution in [2.24, 2.45) is 5.92 Å². The number of halogens is 2. The number of nitrogens with zero attached hydrogens (tertiary/aromatic N) is 2. The van der Waals surface area contributed by atoms with E-state index in [4.69, 9.17) is 11.6 Å². The molecule has 0 aliphatic rings. The van der Waals surface area contributed by atoms with Crippen molar-refractivity contribution in [2.45, 2.75) is 33.6 Å². The third-order valence-corrected chi connectivity index (χ3v) is 3.39. The average molecular weight is 310 g/mol. The van der Waals surface area contributed by atoms with Gasteiger partial charge in [-0.3, -0.25) is 0 Å². The van der Waals surface area contributed by atoms with Crippen LogP contribution in [0.3, 0.4) is 0 Å². The van der Waals surface area contributed by atoms with Crippen LogP contribution in [-0.2, 0) is 6.42 Å². The van der Waals surface area contributed by atoms with Crippen molar-refractivity contribution in [1.82, 2.24) is 9.78 Å². The molecule has 0 aliphatic carbocycles. The predicted molar refractivity (Wildman–Crippen MR) is 85.9 cm³/mol. The van der Waals surface area contributed by atoms with Crippen LogP contribution in [0.1, 0.15) is 32.9 Å². The Bertz CT molecular complexity index is 587. The van der Waals surface area contributed by atoms with Gasteiger partial charge in [0.2, 0.25) is 0 Å². The maximum atomic E-state index is 14.1. The molecule has 1 aromatic heterocycles. The van der Waals surface area contributed by atoms with Crippen molar-refractivity contribution in [1.29, 1.82) is 0 Å². The summed E-state index contributed by atoms with van der Waals surface area (Å²) in [5.74, 6) is 0.893. The molecule has 0 saturated heterocycles. The number of nitrogens with one attached hydrogen (secondary N) is 1. The minimum absolute atomic E-state index is 0.299. The van der Waals surface area contributed by atoms with E-state index in [9.17, 15) is 4.39 Å². The summed E-state index contributed by atoms with van der Waals surface area (Å²) in [7, 11) is 0. The summed E-state index contributed by atoms with van der Waals surface area (Å²) in [6.45, 7) is 7.15. The fourth-order valence-electron chi connectivity index (χ4n) is 2.19. The molecule has 0 radical (unpaired) electrons. The fraction of sp³-hybridized carbons (Fsp3) is 0.438. The van der Waals surface area contributed by atoms with Crippen molar-refractivity contribution in [2.75, 3.05) is 11.9 Å². The summed E-state index contributed by atoms with van der Waals surface area (Å²) >= 11 is 6.16. The molecule has 0 saturated carbocycles. The second-order valence-corrected chi connectivity index (χ2v) is 5.93. The van der Waals surface area contributed by atoms with E-state index >= 15 is 0 Å². The molecule has 1 heterocycles. The topological polar surface area (TPSA) is 29.9 Å². The highest BCUT2D eigenvalue weighted by atomic mass is 35.5. The van der Waals surface area contributed by atoms with Crippen LogP contribution in [0.4, 0.5) is 10.2 Å². The molecule has 114 valence electrons. The van der Waals surface area contributed by atoms with Gasteiger partial charge in [0.05, 0.1) is 10.7 Å². The highest BCUT2D eigenvalue weighted by Gasteiger charge is 2.16. The lowest BCUT2D eigenvalue weighted by Gasteiger charge is -2.11. The summed E-state index contributed by atoms with van der Waals surface area (Å²) in [4.78, 5) is 0. The predicted octanol–water partition coefficient (Wildman–Crippen LogP) is 4.69. The molecule has 21 heavy (non-hydrogen) atoms. The molecule has 0 aliphatic heterocycles. The summed E-state index contributed by atoms with van der Waals surface area (Å²) in [5, 5.41) is 8.16. The van der Waals surface area contributed by atoms with E-state index in [1.807, 2.05) is 6.07 Å². The van der Waals surface area contributed by atoms with Gasteiger partial charge in [0, 0.05) is 12.6 Å². The van der Waals surface area contributed by atoms with Gasteiger partial charge in [-0.15, -0.1) is 0 Å². The van der Waals surface area contributed by atoms with Gasteiger partial charge in [0.1, 0.15) is 17.3 Å². The zero-order valence-corrected chi connectivity index (χ0v) is 13.4. The summed E-state index contributed by atoms with van der Waals surface area (Å²) in [6, 6.07) is 6.64. The molecule has 0 unspecified atom stereocenters. The molecule has 5 heteroatoms. The van der Waals surface area contributed by atoms with Crippen molar-refractivity contribution in [3.8, 4) is 5.69 Å². The maximum Gasteiger partial charge on any atom is 0.150 e. The Morgan fingerprint density at radius 3 is 2.76 bits per heavy atom. The molecule has 0 amide bonds. The van der Waals surface area contributed by atoms with E-state index in [1.165, 1.54) is 6.07 Å². The van der Waals surface area contributed by atoms with Gasteiger partial charge in [-0.05, 0) is 30.9 Å². The Hall–Kier alpha value is -1.55. The first-order chi connectivity index (χ1) is 10.0. The monoisotopic (exact) mass is 309 g/mol. The van der Waals surface area contributed by atoms with Crippen LogP contribution in [-0.4, -0.2) is 16.3 Å². The van der Waals surface area contributed by atoms with Crippen molar-refractivity contribution >= 4 is 17.4 Å². The minimum Gasteiger partial charge on any atom is -0.370 e. The third-order valence-electron chi connectivity index (χ3n) is 3.08. The second-order valence-electron chi connectivity index (χ2n) is 5.53. The molecule has 0 atom stereocenters. The first-order valence-electron chi connectivity index (χ1n) is 7.30. The number of hydrogen-bond acceptors (Lipinski definition) is 2. The van der Waals surface area contributed by atoms with Crippen LogP contribution in [0.5, 0.6) is 0 Å². The van der Waals surface area contributed by atoms with Gasteiger partial charge in [-0.2, -0.15) is 5.10 Å². The minimum atomic E-state index is -0.374. The smallest absolute Gasteiger partial charge is 0.150 e. The Labute approximate surface area is 130 Å². The van der Waals surface area contributed by atoms with E-state index in [1.54, 1.807) is 16.8 Å². The zero-order chi connectivity index (χ0) is 15.4. The van der Waals surface area contributed by atoms with Gasteiger partial charge in [-0.1, -0.05) is 38.4 Å². The number of rotatable bonds is 6. The molecule has 1 N–H and O–H groups in total. The van der Waals surface area contributed by atoms with Gasteiger partial charge < -0.3 is 5.32 Å². The van der Waals surface area contributed by atoms with Crippen molar-refractivity contribution in [3.05, 3.63) is 40.8 Å². The maximum absolute atomic E-state index is 14.1. The van der Waals surface area contributed by atoms with E-state index in [2.05, 4.69) is 31.2 Å². The van der Waals surface area contributed by atoms with Gasteiger partial charge >= 0.3 is 0 Å². The highest BCUT2D eigenvalue weighted by molar-refractivity contribution is 6.32. The van der Waals surface area contributed by atoms with Crippen molar-refractivity contribution in [3.63, 3.8) is 0 Å². The number of anilines is 1. The molecule has 0 spiro atoms. The summed E-state index contributed by atoms with van der Waals surface area (Å²) < 4.78 is 15.7. The fourth-order valence-corrected chi connectivity index (χ4v) is 2.43. The van der Waals surface area contributed by atoms with Gasteiger partial charge in [-0.25, -0.2) is 9.07 Å². The van der Waals surface area contributed by atoms with Crippen LogP contribution < -0.4 is 5.32 Å². The average Bonchev–Trinajstić information content (AvgIpc) is 2.78. The van der Waals surface area contributed by atoms with E-state index in [-0.39, 0.29) is 5.82 Å². The van der Waals surface area contributed by atoms with Crippen LogP contribution in [0.25, 0.3) is 5.69 Å². The van der Waals surface area contributed by atoms with Crippen LogP contribution >= 0.6 is 11.6 Å². The number of aromatic nitrogens is 2. The lowest BCUT2D eigenvalue weighted by atomic mass is 10.1. The molecule has 0 bridgehead atoms. The van der Waals surface area contributed by atoms with Crippen LogP contribution in [0.2, 0.25) is 5.02 Å².